The van der Waals surface area contributed by atoms with E-state index in [0.29, 0.717) is 0 Å². The summed E-state index contributed by atoms with van der Waals surface area (Å²) in [7, 11) is 1.82. The van der Waals surface area contributed by atoms with Gasteiger partial charge in [0.2, 0.25) is 0 Å². The van der Waals surface area contributed by atoms with Crippen LogP contribution in [0.2, 0.25) is 0 Å². The Balaban J connectivity index is 0.00000288. The fourth-order valence-electron chi connectivity index (χ4n) is 2.88. The Morgan fingerprint density at radius 2 is 1.83 bits per heavy atom. The molecule has 1 aliphatic heterocycles. The van der Waals surface area contributed by atoms with Gasteiger partial charge >= 0.3 is 0 Å². The first-order chi connectivity index (χ1) is 11.2. The lowest BCUT2D eigenvalue weighted by molar-refractivity contribution is 0.438. The normalized spacial score (nSPS) is 15.8. The summed E-state index contributed by atoms with van der Waals surface area (Å²) in [4.78, 5) is 6.76. The Kier molecular flexibility index (Phi) is 10.1. The van der Waals surface area contributed by atoms with E-state index in [1.54, 1.807) is 0 Å². The Bertz CT molecular complexity index is 479. The van der Waals surface area contributed by atoms with E-state index in [9.17, 15) is 0 Å². The maximum Gasteiger partial charge on any atom is 0.191 e. The molecule has 1 saturated heterocycles. The van der Waals surface area contributed by atoms with Crippen molar-refractivity contribution in [2.75, 3.05) is 31.6 Å². The summed E-state index contributed by atoms with van der Waals surface area (Å²) < 4.78 is 0. The van der Waals surface area contributed by atoms with Gasteiger partial charge in [0.05, 0.1) is 0 Å². The number of halogens is 1. The van der Waals surface area contributed by atoms with Crippen LogP contribution in [-0.4, -0.2) is 32.6 Å². The van der Waals surface area contributed by atoms with Gasteiger partial charge in [0, 0.05) is 38.9 Å². The molecule has 0 atom stereocenters. The summed E-state index contributed by atoms with van der Waals surface area (Å²) in [5.74, 6) is 1.76. The highest BCUT2D eigenvalue weighted by Gasteiger charge is 2.15. The smallest absolute Gasteiger partial charge is 0.191 e. The first-order valence-electron chi connectivity index (χ1n) is 9.01. The second kappa shape index (κ2) is 11.6. The van der Waals surface area contributed by atoms with Crippen molar-refractivity contribution in [3.05, 3.63) is 29.8 Å². The Hall–Kier alpha value is -0.980. The summed E-state index contributed by atoms with van der Waals surface area (Å²) in [5.41, 5.74) is 2.64. The molecule has 0 unspecified atom stereocenters. The van der Waals surface area contributed by atoms with E-state index in [0.717, 1.165) is 25.0 Å². The summed E-state index contributed by atoms with van der Waals surface area (Å²) in [5, 5.41) is 6.71. The van der Waals surface area contributed by atoms with E-state index in [-0.39, 0.29) is 24.0 Å². The lowest BCUT2D eigenvalue weighted by Crippen LogP contribution is -2.37. The highest BCUT2D eigenvalue weighted by Crippen LogP contribution is 2.23. The second-order valence-corrected chi connectivity index (χ2v) is 6.54. The van der Waals surface area contributed by atoms with Crippen molar-refractivity contribution >= 4 is 35.6 Å². The van der Waals surface area contributed by atoms with Gasteiger partial charge in [-0.25, -0.2) is 0 Å². The number of guanidine groups is 1. The molecule has 1 aliphatic rings. The largest absolute Gasteiger partial charge is 0.372 e. The zero-order valence-corrected chi connectivity index (χ0v) is 17.7. The van der Waals surface area contributed by atoms with Gasteiger partial charge in [-0.15, -0.1) is 24.0 Å². The fourth-order valence-corrected chi connectivity index (χ4v) is 2.88. The summed E-state index contributed by atoms with van der Waals surface area (Å²) in [6.07, 6.45) is 4.98. The number of unbranched alkanes of at least 4 members (excludes halogenated alkanes) is 1. The van der Waals surface area contributed by atoms with E-state index in [4.69, 9.17) is 0 Å². The number of nitrogens with one attached hydrogen (secondary N) is 2. The Morgan fingerprint density at radius 3 is 2.42 bits per heavy atom. The third-order valence-electron chi connectivity index (χ3n) is 4.59. The molecule has 24 heavy (non-hydrogen) atoms. The van der Waals surface area contributed by atoms with Crippen molar-refractivity contribution in [2.45, 2.75) is 46.1 Å². The molecular formula is C19H33IN4. The summed E-state index contributed by atoms with van der Waals surface area (Å²) in [6, 6.07) is 8.94. The van der Waals surface area contributed by atoms with Gasteiger partial charge in [0.25, 0.3) is 0 Å². The first kappa shape index (κ1) is 21.1. The summed E-state index contributed by atoms with van der Waals surface area (Å²) in [6.45, 7) is 8.71. The number of hydrogen-bond acceptors (Lipinski definition) is 2. The number of anilines is 1. The van der Waals surface area contributed by atoms with E-state index in [1.807, 2.05) is 7.05 Å². The quantitative estimate of drug-likeness (QED) is 0.302. The molecule has 1 aromatic carbocycles. The average molecular weight is 444 g/mol. The van der Waals surface area contributed by atoms with Crippen molar-refractivity contribution in [1.82, 2.24) is 10.6 Å². The predicted molar refractivity (Wildman–Crippen MR) is 116 cm³/mol. The van der Waals surface area contributed by atoms with Gasteiger partial charge in [-0.05, 0) is 42.9 Å². The number of nitrogens with zero attached hydrogens (tertiary/aromatic N) is 2. The molecule has 0 aromatic heterocycles. The maximum atomic E-state index is 4.26. The molecule has 0 saturated carbocycles. The molecule has 0 amide bonds. The molecule has 136 valence electrons. The van der Waals surface area contributed by atoms with Crippen LogP contribution in [0.15, 0.2) is 29.3 Å². The molecule has 0 spiro atoms. The van der Waals surface area contributed by atoms with Crippen LogP contribution in [0.5, 0.6) is 0 Å². The molecule has 0 bridgehead atoms. The number of benzene rings is 1. The van der Waals surface area contributed by atoms with Crippen LogP contribution in [-0.2, 0) is 6.54 Å². The van der Waals surface area contributed by atoms with Crippen LogP contribution in [0.3, 0.4) is 0 Å². The van der Waals surface area contributed by atoms with Gasteiger partial charge in [-0.2, -0.15) is 0 Å². The third kappa shape index (κ3) is 6.87. The second-order valence-electron chi connectivity index (χ2n) is 6.54. The van der Waals surface area contributed by atoms with E-state index >= 15 is 0 Å². The summed E-state index contributed by atoms with van der Waals surface area (Å²) >= 11 is 0. The minimum absolute atomic E-state index is 0. The molecule has 1 heterocycles. The lowest BCUT2D eigenvalue weighted by Gasteiger charge is -2.32. The van der Waals surface area contributed by atoms with Gasteiger partial charge in [0.1, 0.15) is 0 Å². The highest BCUT2D eigenvalue weighted by molar-refractivity contribution is 14.0. The van der Waals surface area contributed by atoms with Crippen molar-refractivity contribution in [2.24, 2.45) is 10.9 Å². The molecule has 1 fully saturated rings. The average Bonchev–Trinajstić information content (AvgIpc) is 2.59. The van der Waals surface area contributed by atoms with E-state index < -0.39 is 0 Å². The molecule has 5 heteroatoms. The minimum atomic E-state index is 0. The standard InChI is InChI=1S/C19H32N4.HI/c1-4-5-12-21-19(20-3)22-15-17-6-8-18(9-7-17)23-13-10-16(2)11-14-23;/h6-9,16H,4-5,10-15H2,1-3H3,(H2,20,21,22);1H. The van der Waals surface area contributed by atoms with Gasteiger partial charge < -0.3 is 15.5 Å². The van der Waals surface area contributed by atoms with Crippen LogP contribution in [0, 0.1) is 5.92 Å². The third-order valence-corrected chi connectivity index (χ3v) is 4.59. The van der Waals surface area contributed by atoms with Crippen molar-refractivity contribution in [1.29, 1.82) is 0 Å². The Labute approximate surface area is 164 Å². The van der Waals surface area contributed by atoms with E-state index in [1.165, 1.54) is 50.0 Å². The van der Waals surface area contributed by atoms with Crippen LogP contribution in [0.4, 0.5) is 5.69 Å². The molecule has 1 aromatic rings. The number of piperidine rings is 1. The van der Waals surface area contributed by atoms with Gasteiger partial charge in [0.15, 0.2) is 5.96 Å². The van der Waals surface area contributed by atoms with Crippen molar-refractivity contribution < 1.29 is 0 Å². The molecule has 2 rings (SSSR count). The SMILES string of the molecule is CCCCNC(=NC)NCc1ccc(N2CCC(C)CC2)cc1.I. The minimum Gasteiger partial charge on any atom is -0.372 e. The van der Waals surface area contributed by atoms with Gasteiger partial charge in [-0.1, -0.05) is 32.4 Å². The Morgan fingerprint density at radius 1 is 1.17 bits per heavy atom. The van der Waals surface area contributed by atoms with Crippen LogP contribution in [0.1, 0.15) is 45.1 Å². The molecule has 4 nitrogen and oxygen atoms in total. The topological polar surface area (TPSA) is 39.7 Å². The maximum absolute atomic E-state index is 4.26. The van der Waals surface area contributed by atoms with Crippen LogP contribution >= 0.6 is 24.0 Å². The highest BCUT2D eigenvalue weighted by atomic mass is 127. The van der Waals surface area contributed by atoms with Crippen molar-refractivity contribution in [3.63, 3.8) is 0 Å². The van der Waals surface area contributed by atoms with Gasteiger partial charge in [-0.3, -0.25) is 4.99 Å². The number of rotatable bonds is 6. The predicted octanol–water partition coefficient (Wildman–Crippen LogP) is 4.01. The first-order valence-corrected chi connectivity index (χ1v) is 9.01. The fraction of sp³-hybridized carbons (Fsp3) is 0.632. The molecular weight excluding hydrogens is 411 g/mol. The molecule has 0 aliphatic carbocycles. The number of aliphatic imine (C=N–C) groups is 1. The molecule has 0 radical (unpaired) electrons. The number of hydrogen-bond donors (Lipinski definition) is 2. The van der Waals surface area contributed by atoms with Crippen molar-refractivity contribution in [3.8, 4) is 0 Å². The monoisotopic (exact) mass is 444 g/mol. The zero-order valence-electron chi connectivity index (χ0n) is 15.3. The van der Waals surface area contributed by atoms with Crippen LogP contribution in [0.25, 0.3) is 0 Å². The van der Waals surface area contributed by atoms with E-state index in [2.05, 4.69) is 58.6 Å². The zero-order chi connectivity index (χ0) is 16.5. The van der Waals surface area contributed by atoms with Crippen LogP contribution < -0.4 is 15.5 Å². The molecule has 2 N–H and O–H groups in total. The lowest BCUT2D eigenvalue weighted by atomic mass is 9.99.